The van der Waals surface area contributed by atoms with E-state index in [-0.39, 0.29) is 0 Å². The second-order valence-electron chi connectivity index (χ2n) is 2.48. The number of amides is 2. The highest BCUT2D eigenvalue weighted by molar-refractivity contribution is 6.22. The van der Waals surface area contributed by atoms with Crippen molar-refractivity contribution in [1.82, 2.24) is 5.32 Å². The fraction of sp³-hybridized carbons (Fsp3) is 0.286. The van der Waals surface area contributed by atoms with Crippen molar-refractivity contribution in [3.05, 3.63) is 12.7 Å². The van der Waals surface area contributed by atoms with Gasteiger partial charge in [0.25, 0.3) is 5.91 Å². The Morgan fingerprint density at radius 3 is 2.58 bits per heavy atom. The number of nitrogens with one attached hydrogen (secondary N) is 1. The van der Waals surface area contributed by atoms with Crippen molar-refractivity contribution in [3.63, 3.8) is 0 Å². The molecule has 5 nitrogen and oxygen atoms in total. The van der Waals surface area contributed by atoms with Gasteiger partial charge in [-0.1, -0.05) is 6.58 Å². The minimum absolute atomic E-state index is 0.517. The van der Waals surface area contributed by atoms with E-state index in [4.69, 9.17) is 0 Å². The van der Waals surface area contributed by atoms with Gasteiger partial charge in [0.2, 0.25) is 11.5 Å². The standard InChI is InChI=1S/C7H7NO4/c1-2-4(9)7(12)3-5(10)8-6(7)11/h2,12H,1,3H2,(H,8,10,11). The molecule has 0 bridgehead atoms. The first-order valence-electron chi connectivity index (χ1n) is 3.24. The van der Waals surface area contributed by atoms with E-state index in [1.807, 2.05) is 5.32 Å². The summed E-state index contributed by atoms with van der Waals surface area (Å²) in [7, 11) is 0. The van der Waals surface area contributed by atoms with Crippen molar-refractivity contribution in [2.45, 2.75) is 12.0 Å². The zero-order valence-electron chi connectivity index (χ0n) is 6.16. The number of imide groups is 1. The molecule has 2 N–H and O–H groups in total. The van der Waals surface area contributed by atoms with Crippen LogP contribution < -0.4 is 5.32 Å². The van der Waals surface area contributed by atoms with Crippen molar-refractivity contribution in [2.24, 2.45) is 0 Å². The van der Waals surface area contributed by atoms with Crippen molar-refractivity contribution in [1.29, 1.82) is 0 Å². The summed E-state index contributed by atoms with van der Waals surface area (Å²) in [5.74, 6) is -2.49. The zero-order valence-corrected chi connectivity index (χ0v) is 6.16. The molecule has 1 aliphatic heterocycles. The lowest BCUT2D eigenvalue weighted by molar-refractivity contribution is -0.145. The average Bonchev–Trinajstić information content (AvgIpc) is 2.26. The van der Waals surface area contributed by atoms with Crippen LogP contribution in [0, 0.1) is 0 Å². The summed E-state index contributed by atoms with van der Waals surface area (Å²) in [6.45, 7) is 3.11. The van der Waals surface area contributed by atoms with Gasteiger partial charge in [0.1, 0.15) is 0 Å². The van der Waals surface area contributed by atoms with Gasteiger partial charge >= 0.3 is 0 Å². The molecule has 1 saturated heterocycles. The number of hydrogen-bond acceptors (Lipinski definition) is 4. The second kappa shape index (κ2) is 2.53. The summed E-state index contributed by atoms with van der Waals surface area (Å²) in [5.41, 5.74) is -2.22. The summed E-state index contributed by atoms with van der Waals surface area (Å²) in [6, 6.07) is 0. The molecule has 1 aliphatic rings. The van der Waals surface area contributed by atoms with Gasteiger partial charge in [-0.3, -0.25) is 19.7 Å². The lowest BCUT2D eigenvalue weighted by atomic mass is 9.97. The Balaban J connectivity index is 2.99. The molecule has 0 spiro atoms. The van der Waals surface area contributed by atoms with Crippen molar-refractivity contribution < 1.29 is 19.5 Å². The fourth-order valence-electron chi connectivity index (χ4n) is 0.955. The van der Waals surface area contributed by atoms with Gasteiger partial charge in [0.05, 0.1) is 6.42 Å². The Hall–Kier alpha value is -1.49. The highest BCUT2D eigenvalue weighted by Gasteiger charge is 2.49. The fourth-order valence-corrected chi connectivity index (χ4v) is 0.955. The summed E-state index contributed by atoms with van der Waals surface area (Å²) in [4.78, 5) is 32.4. The third kappa shape index (κ3) is 1.04. The molecule has 64 valence electrons. The molecule has 12 heavy (non-hydrogen) atoms. The largest absolute Gasteiger partial charge is 0.372 e. The third-order valence-electron chi connectivity index (χ3n) is 1.64. The quantitative estimate of drug-likeness (QED) is 0.300. The van der Waals surface area contributed by atoms with Gasteiger partial charge in [-0.05, 0) is 6.08 Å². The Labute approximate surface area is 68.1 Å². The van der Waals surface area contributed by atoms with Gasteiger partial charge in [0.15, 0.2) is 5.78 Å². The number of hydrogen-bond donors (Lipinski definition) is 2. The van der Waals surface area contributed by atoms with Crippen LogP contribution in [0.5, 0.6) is 0 Å². The molecule has 0 radical (unpaired) electrons. The molecule has 1 fully saturated rings. The van der Waals surface area contributed by atoms with Gasteiger partial charge in [-0.25, -0.2) is 0 Å². The Bertz CT molecular complexity index is 283. The molecule has 0 aromatic carbocycles. The maximum absolute atomic E-state index is 10.9. The first-order valence-corrected chi connectivity index (χ1v) is 3.24. The second-order valence-corrected chi connectivity index (χ2v) is 2.48. The molecule has 0 aromatic rings. The van der Waals surface area contributed by atoms with Crippen LogP contribution in [0.2, 0.25) is 0 Å². The predicted octanol–water partition coefficient (Wildman–Crippen LogP) is -1.48. The molecular formula is C7H7NO4. The molecule has 1 unspecified atom stereocenters. The van der Waals surface area contributed by atoms with Gasteiger partial charge in [0, 0.05) is 0 Å². The van der Waals surface area contributed by atoms with Crippen LogP contribution in [-0.2, 0) is 14.4 Å². The SMILES string of the molecule is C=CC(=O)C1(O)CC(=O)NC1=O. The van der Waals surface area contributed by atoms with E-state index in [9.17, 15) is 19.5 Å². The Kier molecular flexibility index (Phi) is 1.81. The zero-order chi connectivity index (χ0) is 9.35. The minimum atomic E-state index is -2.22. The van der Waals surface area contributed by atoms with Crippen LogP contribution in [0.1, 0.15) is 6.42 Å². The third-order valence-corrected chi connectivity index (χ3v) is 1.64. The van der Waals surface area contributed by atoms with Crippen LogP contribution >= 0.6 is 0 Å². The number of ketones is 1. The first kappa shape index (κ1) is 8.61. The van der Waals surface area contributed by atoms with Crippen LogP contribution in [-0.4, -0.2) is 28.3 Å². The number of carbonyl (C=O) groups excluding carboxylic acids is 3. The summed E-state index contributed by atoms with van der Waals surface area (Å²) in [5, 5.41) is 11.2. The van der Waals surface area contributed by atoms with E-state index >= 15 is 0 Å². The number of aliphatic hydroxyl groups is 1. The maximum Gasteiger partial charge on any atom is 0.267 e. The van der Waals surface area contributed by atoms with E-state index in [2.05, 4.69) is 6.58 Å². The van der Waals surface area contributed by atoms with E-state index in [0.717, 1.165) is 6.08 Å². The van der Waals surface area contributed by atoms with Gasteiger partial charge in [-0.15, -0.1) is 0 Å². The molecule has 0 saturated carbocycles. The molecule has 0 aromatic heterocycles. The van der Waals surface area contributed by atoms with Crippen molar-refractivity contribution in [2.75, 3.05) is 0 Å². The molecule has 5 heteroatoms. The summed E-state index contributed by atoms with van der Waals surface area (Å²) < 4.78 is 0. The first-order chi connectivity index (χ1) is 5.50. The smallest absolute Gasteiger partial charge is 0.267 e. The Morgan fingerprint density at radius 1 is 1.67 bits per heavy atom. The lowest BCUT2D eigenvalue weighted by Gasteiger charge is -2.12. The van der Waals surface area contributed by atoms with Crippen molar-refractivity contribution >= 4 is 17.6 Å². The van der Waals surface area contributed by atoms with Crippen LogP contribution in [0.4, 0.5) is 0 Å². The summed E-state index contributed by atoms with van der Waals surface area (Å²) >= 11 is 0. The Morgan fingerprint density at radius 2 is 2.25 bits per heavy atom. The van der Waals surface area contributed by atoms with E-state index < -0.39 is 29.6 Å². The van der Waals surface area contributed by atoms with E-state index in [1.165, 1.54) is 0 Å². The number of carbonyl (C=O) groups is 3. The van der Waals surface area contributed by atoms with E-state index in [0.29, 0.717) is 0 Å². The van der Waals surface area contributed by atoms with Crippen LogP contribution in [0.25, 0.3) is 0 Å². The molecule has 1 heterocycles. The van der Waals surface area contributed by atoms with Gasteiger partial charge < -0.3 is 5.11 Å². The molecule has 0 aliphatic carbocycles. The van der Waals surface area contributed by atoms with Crippen LogP contribution in [0.15, 0.2) is 12.7 Å². The average molecular weight is 169 g/mol. The normalized spacial score (nSPS) is 28.4. The monoisotopic (exact) mass is 169 g/mol. The predicted molar refractivity (Wildman–Crippen MR) is 37.9 cm³/mol. The molecule has 2 amide bonds. The van der Waals surface area contributed by atoms with E-state index in [1.54, 1.807) is 0 Å². The highest BCUT2D eigenvalue weighted by atomic mass is 16.3. The molecular weight excluding hydrogens is 162 g/mol. The minimum Gasteiger partial charge on any atom is -0.372 e. The maximum atomic E-state index is 10.9. The topological polar surface area (TPSA) is 83.5 Å². The lowest BCUT2D eigenvalue weighted by Crippen LogP contribution is -2.44. The summed E-state index contributed by atoms with van der Waals surface area (Å²) in [6.07, 6.45) is 0.300. The highest BCUT2D eigenvalue weighted by Crippen LogP contribution is 2.18. The molecule has 1 rings (SSSR count). The van der Waals surface area contributed by atoms with Crippen LogP contribution in [0.3, 0.4) is 0 Å². The van der Waals surface area contributed by atoms with Gasteiger partial charge in [-0.2, -0.15) is 0 Å². The number of rotatable bonds is 2. The van der Waals surface area contributed by atoms with Crippen molar-refractivity contribution in [3.8, 4) is 0 Å². The molecule has 1 atom stereocenters.